The summed E-state index contributed by atoms with van der Waals surface area (Å²) in [6.07, 6.45) is 9.87. The number of rotatable bonds is 4. The van der Waals surface area contributed by atoms with Crippen LogP contribution in [0.2, 0.25) is 0 Å². The van der Waals surface area contributed by atoms with E-state index in [-0.39, 0.29) is 12.1 Å². The van der Waals surface area contributed by atoms with Gasteiger partial charge in [-0.2, -0.15) is 0 Å². The molecule has 0 radical (unpaired) electrons. The topological polar surface area (TPSA) is 64.6 Å². The number of carbonyl (C=O) groups excluding carboxylic acids is 1. The number of pyridine rings is 2. The Morgan fingerprint density at radius 2 is 1.83 bits per heavy atom. The highest BCUT2D eigenvalue weighted by Gasteiger charge is 2.26. The van der Waals surface area contributed by atoms with Crippen molar-refractivity contribution in [3.05, 3.63) is 54.0 Å². The van der Waals surface area contributed by atoms with Gasteiger partial charge in [0.25, 0.3) is 0 Å². The molecule has 2 amide bonds. The minimum Gasteiger partial charge on any atom is -0.354 e. The molecule has 4 rings (SSSR count). The van der Waals surface area contributed by atoms with Gasteiger partial charge in [0, 0.05) is 57.9 Å². The quantitative estimate of drug-likeness (QED) is 0.842. The lowest BCUT2D eigenvalue weighted by Gasteiger charge is -2.33. The molecule has 0 spiro atoms. The summed E-state index contributed by atoms with van der Waals surface area (Å²) in [5, 5.41) is 3.11. The SMILES string of the molecule is CN1CCN(c2ccc(CNC(=O)N3CCCCCC3c3ccncc3)cn2)CC1. The average Bonchev–Trinajstić information content (AvgIpc) is 3.05. The lowest BCUT2D eigenvalue weighted by Crippen LogP contribution is -2.44. The highest BCUT2D eigenvalue weighted by Crippen LogP contribution is 2.29. The lowest BCUT2D eigenvalue weighted by molar-refractivity contribution is 0.175. The third-order valence-corrected chi connectivity index (χ3v) is 6.18. The van der Waals surface area contributed by atoms with Crippen molar-refractivity contribution in [2.75, 3.05) is 44.7 Å². The molecule has 2 fully saturated rings. The van der Waals surface area contributed by atoms with E-state index in [2.05, 4.69) is 44.3 Å². The van der Waals surface area contributed by atoms with Crippen LogP contribution < -0.4 is 10.2 Å². The minimum absolute atomic E-state index is 0.00172. The molecule has 30 heavy (non-hydrogen) atoms. The molecular formula is C23H32N6O. The molecule has 0 bridgehead atoms. The van der Waals surface area contributed by atoms with E-state index in [1.54, 1.807) is 0 Å². The molecule has 0 aliphatic carbocycles. The van der Waals surface area contributed by atoms with Gasteiger partial charge >= 0.3 is 6.03 Å². The van der Waals surface area contributed by atoms with E-state index in [1.807, 2.05) is 35.6 Å². The third-order valence-electron chi connectivity index (χ3n) is 6.18. The van der Waals surface area contributed by atoms with Gasteiger partial charge in [0.05, 0.1) is 6.04 Å². The summed E-state index contributed by atoms with van der Waals surface area (Å²) in [7, 11) is 2.15. The molecular weight excluding hydrogens is 376 g/mol. The van der Waals surface area contributed by atoms with Gasteiger partial charge in [0.1, 0.15) is 5.82 Å². The number of piperazine rings is 1. The molecule has 2 aromatic rings. The van der Waals surface area contributed by atoms with Crippen LogP contribution in [0.1, 0.15) is 42.9 Å². The van der Waals surface area contributed by atoms with Gasteiger partial charge in [-0.3, -0.25) is 4.98 Å². The van der Waals surface area contributed by atoms with E-state index >= 15 is 0 Å². The van der Waals surface area contributed by atoms with Crippen LogP contribution in [0.5, 0.6) is 0 Å². The van der Waals surface area contributed by atoms with Crippen LogP contribution in [0, 0.1) is 0 Å². The Morgan fingerprint density at radius 1 is 1.03 bits per heavy atom. The van der Waals surface area contributed by atoms with Gasteiger partial charge in [0.2, 0.25) is 0 Å². The van der Waals surface area contributed by atoms with Gasteiger partial charge in [-0.25, -0.2) is 9.78 Å². The minimum atomic E-state index is 0.00172. The second-order valence-corrected chi connectivity index (χ2v) is 8.31. The fourth-order valence-corrected chi connectivity index (χ4v) is 4.31. The molecule has 0 aromatic carbocycles. The first-order valence-corrected chi connectivity index (χ1v) is 11.0. The summed E-state index contributed by atoms with van der Waals surface area (Å²) >= 11 is 0. The van der Waals surface area contributed by atoms with E-state index < -0.39 is 0 Å². The van der Waals surface area contributed by atoms with Crippen LogP contribution >= 0.6 is 0 Å². The molecule has 4 heterocycles. The number of amides is 2. The van der Waals surface area contributed by atoms with Gasteiger partial charge in [-0.05, 0) is 49.2 Å². The largest absolute Gasteiger partial charge is 0.354 e. The zero-order valence-electron chi connectivity index (χ0n) is 17.8. The number of nitrogens with zero attached hydrogens (tertiary/aromatic N) is 5. The Morgan fingerprint density at radius 3 is 2.57 bits per heavy atom. The molecule has 2 aromatic heterocycles. The van der Waals surface area contributed by atoms with Gasteiger partial charge < -0.3 is 20.0 Å². The second kappa shape index (κ2) is 9.89. The highest BCUT2D eigenvalue weighted by molar-refractivity contribution is 5.74. The Bertz CT molecular complexity index is 804. The smallest absolute Gasteiger partial charge is 0.318 e. The number of hydrogen-bond acceptors (Lipinski definition) is 5. The fraction of sp³-hybridized carbons (Fsp3) is 0.522. The lowest BCUT2D eigenvalue weighted by atomic mass is 10.0. The first-order valence-electron chi connectivity index (χ1n) is 11.0. The number of likely N-dealkylation sites (tertiary alicyclic amines) is 1. The zero-order valence-corrected chi connectivity index (χ0v) is 17.8. The molecule has 2 saturated heterocycles. The van der Waals surface area contributed by atoms with Crippen molar-refractivity contribution in [2.45, 2.75) is 38.3 Å². The normalized spacial score (nSPS) is 20.6. The van der Waals surface area contributed by atoms with Gasteiger partial charge in [-0.1, -0.05) is 18.9 Å². The third kappa shape index (κ3) is 5.08. The average molecular weight is 409 g/mol. The van der Waals surface area contributed by atoms with E-state index in [9.17, 15) is 4.79 Å². The van der Waals surface area contributed by atoms with Crippen molar-refractivity contribution >= 4 is 11.8 Å². The fourth-order valence-electron chi connectivity index (χ4n) is 4.31. The Hall–Kier alpha value is -2.67. The summed E-state index contributed by atoms with van der Waals surface area (Å²) in [5.41, 5.74) is 2.19. The van der Waals surface area contributed by atoms with Crippen LogP contribution in [0.3, 0.4) is 0 Å². The van der Waals surface area contributed by atoms with Crippen molar-refractivity contribution < 1.29 is 4.79 Å². The molecule has 160 valence electrons. The maximum absolute atomic E-state index is 13.0. The number of likely N-dealkylation sites (N-methyl/N-ethyl adjacent to an activating group) is 1. The van der Waals surface area contributed by atoms with Crippen molar-refractivity contribution in [1.82, 2.24) is 25.1 Å². The second-order valence-electron chi connectivity index (χ2n) is 8.31. The number of carbonyl (C=O) groups is 1. The standard InChI is InChI=1S/C23H32N6O/c1-27-13-15-28(16-14-27)22-7-6-19(17-25-22)18-26-23(30)29-12-4-2-3-5-21(29)20-8-10-24-11-9-20/h6-11,17,21H,2-5,12-16,18H2,1H3,(H,26,30). The number of anilines is 1. The molecule has 1 atom stereocenters. The molecule has 2 aliphatic rings. The van der Waals surface area contributed by atoms with Crippen LogP contribution in [0.15, 0.2) is 42.9 Å². The van der Waals surface area contributed by atoms with Crippen LogP contribution in [-0.2, 0) is 6.54 Å². The van der Waals surface area contributed by atoms with Crippen molar-refractivity contribution in [2.24, 2.45) is 0 Å². The Labute approximate surface area is 179 Å². The highest BCUT2D eigenvalue weighted by atomic mass is 16.2. The first-order chi connectivity index (χ1) is 14.7. The number of aromatic nitrogens is 2. The van der Waals surface area contributed by atoms with E-state index in [4.69, 9.17) is 0 Å². The maximum atomic E-state index is 13.0. The molecule has 7 nitrogen and oxygen atoms in total. The zero-order chi connectivity index (χ0) is 20.8. The molecule has 2 aliphatic heterocycles. The Balaban J connectivity index is 1.36. The number of hydrogen-bond donors (Lipinski definition) is 1. The van der Waals surface area contributed by atoms with Crippen molar-refractivity contribution in [1.29, 1.82) is 0 Å². The molecule has 0 saturated carbocycles. The maximum Gasteiger partial charge on any atom is 0.318 e. The van der Waals surface area contributed by atoms with Crippen LogP contribution in [-0.4, -0.2) is 65.6 Å². The van der Waals surface area contributed by atoms with Crippen LogP contribution in [0.4, 0.5) is 10.6 Å². The van der Waals surface area contributed by atoms with Gasteiger partial charge in [-0.15, -0.1) is 0 Å². The molecule has 1 unspecified atom stereocenters. The first kappa shape index (κ1) is 20.6. The van der Waals surface area contributed by atoms with Crippen molar-refractivity contribution in [3.8, 4) is 0 Å². The summed E-state index contributed by atoms with van der Waals surface area (Å²) in [5.74, 6) is 1.02. The predicted octanol–water partition coefficient (Wildman–Crippen LogP) is 3.06. The van der Waals surface area contributed by atoms with E-state index in [0.717, 1.165) is 63.4 Å². The van der Waals surface area contributed by atoms with Crippen molar-refractivity contribution in [3.63, 3.8) is 0 Å². The number of urea groups is 1. The van der Waals surface area contributed by atoms with Gasteiger partial charge in [0.15, 0.2) is 0 Å². The van der Waals surface area contributed by atoms with E-state index in [1.165, 1.54) is 12.0 Å². The summed E-state index contributed by atoms with van der Waals surface area (Å²) in [6.45, 7) is 5.42. The van der Waals surface area contributed by atoms with E-state index in [0.29, 0.717) is 6.54 Å². The molecule has 7 heteroatoms. The van der Waals surface area contributed by atoms with Crippen LogP contribution in [0.25, 0.3) is 0 Å². The monoisotopic (exact) mass is 408 g/mol. The molecule has 1 N–H and O–H groups in total. The predicted molar refractivity (Wildman–Crippen MR) is 118 cm³/mol. The summed E-state index contributed by atoms with van der Waals surface area (Å²) in [4.78, 5) is 28.4. The summed E-state index contributed by atoms with van der Waals surface area (Å²) in [6, 6.07) is 8.31. The Kier molecular flexibility index (Phi) is 6.79. The number of nitrogens with one attached hydrogen (secondary N) is 1. The summed E-state index contributed by atoms with van der Waals surface area (Å²) < 4.78 is 0.